The third-order valence-corrected chi connectivity index (χ3v) is 5.75. The minimum Gasteiger partial charge on any atom is -0.349 e. The molecular weight excluding hydrogens is 482 g/mol. The van der Waals surface area contributed by atoms with Gasteiger partial charge in [-0.15, -0.1) is 0 Å². The lowest BCUT2D eigenvalue weighted by Crippen LogP contribution is -3.00. The lowest BCUT2D eigenvalue weighted by Gasteiger charge is -2.33. The molecule has 13 nitrogen and oxygen atoms in total. The van der Waals surface area contributed by atoms with E-state index >= 15 is 0 Å². The molecule has 0 amide bonds. The zero-order valence-corrected chi connectivity index (χ0v) is 26.8. The van der Waals surface area contributed by atoms with Crippen molar-refractivity contribution in [1.82, 2.24) is 39.2 Å². The molecule has 1 rings (SSSR count). The second-order valence-electron chi connectivity index (χ2n) is 11.2. The van der Waals surface area contributed by atoms with Crippen LogP contribution >= 0.6 is 0 Å². The van der Waals surface area contributed by atoms with Gasteiger partial charge in [-0.3, -0.25) is 5.32 Å². The molecule has 0 aromatic rings. The van der Waals surface area contributed by atoms with Crippen LogP contribution in [-0.4, -0.2) is 200 Å². The third-order valence-electron chi connectivity index (χ3n) is 5.75. The van der Waals surface area contributed by atoms with E-state index in [2.05, 4.69) is 11.7 Å². The van der Waals surface area contributed by atoms with Crippen LogP contribution in [0.5, 0.6) is 0 Å². The number of guanidine groups is 4. The van der Waals surface area contributed by atoms with Gasteiger partial charge in [0.2, 0.25) is 24.3 Å². The van der Waals surface area contributed by atoms with E-state index in [0.717, 1.165) is 23.8 Å². The number of aliphatic imine (C=N–C) groups is 4. The molecule has 1 fully saturated rings. The Bertz CT molecular complexity index is 675. The summed E-state index contributed by atoms with van der Waals surface area (Å²) >= 11 is 0. The Labute approximate surface area is 232 Å². The van der Waals surface area contributed by atoms with E-state index in [1.165, 1.54) is 0 Å². The fourth-order valence-electron chi connectivity index (χ4n) is 4.39. The molecular formula is C25H55N13+2. The Morgan fingerprint density at radius 1 is 0.395 bits per heavy atom. The molecule has 0 aromatic heterocycles. The number of hydrogen-bond donors (Lipinski definition) is 1. The van der Waals surface area contributed by atoms with Gasteiger partial charge in [-0.2, -0.15) is 20.0 Å². The van der Waals surface area contributed by atoms with Gasteiger partial charge >= 0.3 is 0 Å². The number of nitrogens with zero attached hydrogens (tertiary/aromatic N) is 12. The van der Waals surface area contributed by atoms with Gasteiger partial charge in [-0.25, -0.2) is 0 Å². The van der Waals surface area contributed by atoms with Crippen LogP contribution in [0.1, 0.15) is 0 Å². The Balaban J connectivity index is 3.87. The van der Waals surface area contributed by atoms with E-state index in [1.54, 1.807) is 0 Å². The average molecular weight is 538 g/mol. The Morgan fingerprint density at radius 3 is 0.816 bits per heavy atom. The molecule has 0 saturated carbocycles. The third kappa shape index (κ3) is 9.03. The van der Waals surface area contributed by atoms with E-state index in [4.69, 9.17) is 20.0 Å². The van der Waals surface area contributed by atoms with E-state index < -0.39 is 0 Å². The maximum atomic E-state index is 5.19. The summed E-state index contributed by atoms with van der Waals surface area (Å²) in [4.78, 5) is 37.0. The summed E-state index contributed by atoms with van der Waals surface area (Å²) in [6.45, 7) is 0. The summed E-state index contributed by atoms with van der Waals surface area (Å²) in [7, 11) is 32.1. The zero-order chi connectivity index (χ0) is 29.5. The topological polar surface area (TPSA) is 92.0 Å². The van der Waals surface area contributed by atoms with Crippen molar-refractivity contribution in [3.63, 3.8) is 0 Å². The molecule has 0 radical (unpaired) electrons. The molecule has 1 saturated heterocycles. The fourth-order valence-corrected chi connectivity index (χ4v) is 4.39. The van der Waals surface area contributed by atoms with E-state index in [-0.39, 0.29) is 24.4 Å². The largest absolute Gasteiger partial charge is 0.349 e. The molecule has 218 valence electrons. The highest BCUT2D eigenvalue weighted by atomic mass is 15.4. The van der Waals surface area contributed by atoms with Crippen molar-refractivity contribution >= 4 is 23.8 Å². The Hall–Kier alpha value is -3.09. The summed E-state index contributed by atoms with van der Waals surface area (Å²) in [5, 5.41) is 2.20. The molecule has 2 N–H and O–H groups in total. The van der Waals surface area contributed by atoms with Crippen molar-refractivity contribution < 1.29 is 5.32 Å². The van der Waals surface area contributed by atoms with Crippen LogP contribution in [0.15, 0.2) is 20.0 Å². The van der Waals surface area contributed by atoms with E-state index in [9.17, 15) is 0 Å². The van der Waals surface area contributed by atoms with Crippen molar-refractivity contribution in [1.29, 1.82) is 0 Å². The summed E-state index contributed by atoms with van der Waals surface area (Å²) in [5.74, 6) is 3.46. The summed E-state index contributed by atoms with van der Waals surface area (Å²) in [6, 6.07) is -0.477. The monoisotopic (exact) mass is 537 g/mol. The van der Waals surface area contributed by atoms with Gasteiger partial charge in [0, 0.05) is 113 Å². The van der Waals surface area contributed by atoms with Crippen LogP contribution in [0, 0.1) is 6.42 Å². The highest BCUT2D eigenvalue weighted by Crippen LogP contribution is 2.19. The quantitative estimate of drug-likeness (QED) is 0.252. The molecule has 38 heavy (non-hydrogen) atoms. The average Bonchev–Trinajstić information content (AvgIpc) is 2.76. The second kappa shape index (κ2) is 14.2. The number of nitrogens with two attached hydrogens (primary N) is 1. The fraction of sp³-hybridized carbons (Fsp3) is 0.800. The van der Waals surface area contributed by atoms with Gasteiger partial charge in [0.25, 0.3) is 12.1 Å². The number of hydrogen-bond acceptors (Lipinski definition) is 4. The Morgan fingerprint density at radius 2 is 0.605 bits per heavy atom. The molecule has 4 atom stereocenters. The highest BCUT2D eigenvalue weighted by molar-refractivity contribution is 5.81. The van der Waals surface area contributed by atoms with Crippen LogP contribution in [0.25, 0.3) is 0 Å². The van der Waals surface area contributed by atoms with Crippen LogP contribution in [0.4, 0.5) is 0 Å². The first-order chi connectivity index (χ1) is 17.5. The Kier molecular flexibility index (Phi) is 12.3. The predicted octanol–water partition coefficient (Wildman–Crippen LogP) is -1.93. The predicted molar refractivity (Wildman–Crippen MR) is 161 cm³/mol. The second-order valence-corrected chi connectivity index (χ2v) is 11.2. The number of quaternary nitrogens is 1. The van der Waals surface area contributed by atoms with Crippen molar-refractivity contribution in [3.8, 4) is 0 Å². The molecule has 4 unspecified atom stereocenters. The minimum atomic E-state index is -0.238. The molecule has 13 heteroatoms. The van der Waals surface area contributed by atoms with Gasteiger partial charge in [-0.05, 0) is 0 Å². The number of rotatable bonds is 4. The molecule has 0 aliphatic carbocycles. The van der Waals surface area contributed by atoms with Gasteiger partial charge in [0.1, 0.15) is 6.42 Å². The van der Waals surface area contributed by atoms with Gasteiger partial charge < -0.3 is 39.2 Å². The minimum absolute atomic E-state index is 0.238. The van der Waals surface area contributed by atoms with Crippen molar-refractivity contribution in [3.05, 3.63) is 6.42 Å². The van der Waals surface area contributed by atoms with Gasteiger partial charge in [-0.1, -0.05) is 0 Å². The molecule has 1 heterocycles. The highest BCUT2D eigenvalue weighted by Gasteiger charge is 2.50. The maximum absolute atomic E-state index is 5.19. The van der Waals surface area contributed by atoms with Gasteiger partial charge in [0.05, 0.1) is 0 Å². The van der Waals surface area contributed by atoms with Gasteiger partial charge in [0.15, 0.2) is 11.9 Å². The SMILES string of the molecule is CN(C)C(=NC1[CH+]C(N=C(N(C)C)N(C)C)C(N=C(N(C)C)N(C)C)[NH2+]C1N=C(N(C)C)N(C)C)N(C)C. The summed E-state index contributed by atoms with van der Waals surface area (Å²) in [5.41, 5.74) is 0. The molecule has 0 spiro atoms. The lowest BCUT2D eigenvalue weighted by atomic mass is 9.97. The normalized spacial score (nSPS) is 20.2. The first kappa shape index (κ1) is 32.9. The first-order valence-corrected chi connectivity index (χ1v) is 12.9. The molecule has 1 aliphatic heterocycles. The first-order valence-electron chi connectivity index (χ1n) is 12.9. The van der Waals surface area contributed by atoms with Crippen LogP contribution in [-0.2, 0) is 0 Å². The van der Waals surface area contributed by atoms with Crippen molar-refractivity contribution in [2.24, 2.45) is 20.0 Å². The van der Waals surface area contributed by atoms with Crippen LogP contribution in [0.3, 0.4) is 0 Å². The standard InChI is InChI=1S/C25H54N13/c1-31(2)22(32(3)4)26-18-17-19(27-23(33(5)6)34(7)8)21(30-25(37(13)14)38(15)16)28-20(18)29-24(35(9)10)36(11)12/h17-21,28H,1-16H3/q+1/p+1. The summed E-state index contributed by atoms with van der Waals surface area (Å²) in [6.07, 6.45) is 1.73. The molecule has 0 aromatic carbocycles. The van der Waals surface area contributed by atoms with E-state index in [1.807, 2.05) is 152 Å². The number of piperidine rings is 1. The lowest BCUT2D eigenvalue weighted by molar-refractivity contribution is -0.727. The van der Waals surface area contributed by atoms with E-state index in [0.29, 0.717) is 0 Å². The smallest absolute Gasteiger partial charge is 0.266 e. The zero-order valence-electron chi connectivity index (χ0n) is 26.8. The van der Waals surface area contributed by atoms with Crippen LogP contribution in [0.2, 0.25) is 0 Å². The van der Waals surface area contributed by atoms with Crippen molar-refractivity contribution in [2.45, 2.75) is 24.4 Å². The maximum Gasteiger partial charge on any atom is 0.266 e. The van der Waals surface area contributed by atoms with Crippen molar-refractivity contribution in [2.75, 3.05) is 113 Å². The van der Waals surface area contributed by atoms with Crippen LogP contribution < -0.4 is 5.32 Å². The molecule has 1 aliphatic rings. The molecule has 0 bridgehead atoms. The summed E-state index contributed by atoms with van der Waals surface area (Å²) < 4.78 is 0.